The minimum Gasteiger partial charge on any atom is -0.493 e. The van der Waals surface area contributed by atoms with Crippen LogP contribution in [0.5, 0.6) is 11.5 Å². The summed E-state index contributed by atoms with van der Waals surface area (Å²) in [6.45, 7) is 12.4. The van der Waals surface area contributed by atoms with Gasteiger partial charge < -0.3 is 19.7 Å². The second-order valence-electron chi connectivity index (χ2n) is 7.81. The summed E-state index contributed by atoms with van der Waals surface area (Å²) in [6.07, 6.45) is 0. The molecule has 0 aliphatic carbocycles. The van der Waals surface area contributed by atoms with Crippen molar-refractivity contribution in [1.82, 2.24) is 10.2 Å². The largest absolute Gasteiger partial charge is 0.493 e. The average Bonchev–Trinajstić information content (AvgIpc) is 2.55. The molecule has 0 heterocycles. The maximum Gasteiger partial charge on any atom is 0.254 e. The number of amides is 2. The van der Waals surface area contributed by atoms with E-state index >= 15 is 0 Å². The maximum absolute atomic E-state index is 12.9. The maximum atomic E-state index is 12.9. The molecular weight excluding hydrogens is 368 g/mol. The minimum atomic E-state index is -0.360. The number of likely N-dealkylation sites (N-methyl/N-ethyl adjacent to an activating group) is 1. The first-order chi connectivity index (χ1) is 12.5. The average molecular weight is 399 g/mol. The molecule has 0 spiro atoms. The number of hydrogen-bond donors (Lipinski definition) is 1. The molecule has 0 bridgehead atoms. The Balaban J connectivity index is 3.03. The molecule has 27 heavy (non-hydrogen) atoms. The lowest BCUT2D eigenvalue weighted by atomic mass is 10.1. The predicted octanol–water partition coefficient (Wildman–Crippen LogP) is 3.76. The van der Waals surface area contributed by atoms with Crippen molar-refractivity contribution >= 4 is 23.4 Å². The van der Waals surface area contributed by atoms with Crippen molar-refractivity contribution in [3.8, 4) is 11.5 Å². The van der Waals surface area contributed by atoms with E-state index in [9.17, 15) is 9.59 Å². The first-order valence-corrected chi connectivity index (χ1v) is 9.46. The van der Waals surface area contributed by atoms with Crippen LogP contribution in [0.15, 0.2) is 12.1 Å². The molecule has 0 aromatic heterocycles. The molecule has 0 unspecified atom stereocenters. The van der Waals surface area contributed by atoms with E-state index in [2.05, 4.69) is 5.32 Å². The first kappa shape index (κ1) is 23.1. The minimum absolute atomic E-state index is 0.0296. The normalized spacial score (nSPS) is 11.3. The van der Waals surface area contributed by atoms with E-state index in [1.165, 1.54) is 12.0 Å². The Morgan fingerprint density at radius 2 is 1.89 bits per heavy atom. The molecule has 1 N–H and O–H groups in total. The van der Waals surface area contributed by atoms with Crippen LogP contribution in [0, 0.1) is 5.92 Å². The van der Waals surface area contributed by atoms with E-state index < -0.39 is 0 Å². The topological polar surface area (TPSA) is 67.9 Å². The van der Waals surface area contributed by atoms with Gasteiger partial charge in [-0.05, 0) is 45.7 Å². The molecule has 0 atom stereocenters. The van der Waals surface area contributed by atoms with Gasteiger partial charge in [-0.2, -0.15) is 0 Å². The number of ether oxygens (including phenoxy) is 2. The molecule has 1 rings (SSSR count). The first-order valence-electron chi connectivity index (χ1n) is 9.09. The number of rotatable bonds is 8. The highest BCUT2D eigenvalue weighted by Crippen LogP contribution is 2.37. The van der Waals surface area contributed by atoms with E-state index in [-0.39, 0.29) is 23.9 Å². The number of carbonyl (C=O) groups excluding carboxylic acids is 2. The van der Waals surface area contributed by atoms with Crippen LogP contribution < -0.4 is 14.8 Å². The van der Waals surface area contributed by atoms with Crippen LogP contribution in [-0.2, 0) is 4.79 Å². The molecule has 1 aromatic carbocycles. The Morgan fingerprint density at radius 1 is 1.26 bits per heavy atom. The Labute approximate surface area is 167 Å². The van der Waals surface area contributed by atoms with Gasteiger partial charge in [-0.15, -0.1) is 0 Å². The zero-order chi connectivity index (χ0) is 20.8. The van der Waals surface area contributed by atoms with Gasteiger partial charge in [0.05, 0.1) is 25.3 Å². The summed E-state index contributed by atoms with van der Waals surface area (Å²) in [5, 5.41) is 3.16. The van der Waals surface area contributed by atoms with Crippen molar-refractivity contribution in [2.45, 2.75) is 47.1 Å². The third kappa shape index (κ3) is 7.29. The van der Waals surface area contributed by atoms with Gasteiger partial charge in [-0.25, -0.2) is 0 Å². The van der Waals surface area contributed by atoms with Gasteiger partial charge in [0, 0.05) is 17.6 Å². The molecule has 0 saturated heterocycles. The Bertz CT molecular complexity index is 669. The summed E-state index contributed by atoms with van der Waals surface area (Å²) >= 11 is 6.33. The van der Waals surface area contributed by atoms with E-state index in [1.54, 1.807) is 12.1 Å². The standard InChI is InChI=1S/C20H31ClN2O4/c1-8-23(11-17(24)22-20(4,5)6)19(25)14-9-15(21)18(16(10-14)26-7)27-12-13(2)3/h9-10,13H,8,11-12H2,1-7H3,(H,22,24). The smallest absolute Gasteiger partial charge is 0.254 e. The summed E-state index contributed by atoms with van der Waals surface area (Å²) in [7, 11) is 1.50. The van der Waals surface area contributed by atoms with Gasteiger partial charge in [0.2, 0.25) is 5.91 Å². The number of benzene rings is 1. The Hall–Kier alpha value is -1.95. The molecule has 7 heteroatoms. The van der Waals surface area contributed by atoms with Crippen molar-refractivity contribution < 1.29 is 19.1 Å². The van der Waals surface area contributed by atoms with Crippen LogP contribution in [0.1, 0.15) is 51.9 Å². The summed E-state index contributed by atoms with van der Waals surface area (Å²) < 4.78 is 11.1. The molecule has 0 radical (unpaired) electrons. The predicted molar refractivity (Wildman–Crippen MR) is 108 cm³/mol. The van der Waals surface area contributed by atoms with Gasteiger partial charge in [0.15, 0.2) is 11.5 Å². The highest BCUT2D eigenvalue weighted by Gasteiger charge is 2.23. The zero-order valence-electron chi connectivity index (χ0n) is 17.3. The highest BCUT2D eigenvalue weighted by molar-refractivity contribution is 6.32. The number of nitrogens with one attached hydrogen (secondary N) is 1. The summed E-state index contributed by atoms with van der Waals surface area (Å²) in [4.78, 5) is 26.5. The molecule has 6 nitrogen and oxygen atoms in total. The molecule has 0 saturated carbocycles. The molecule has 1 aromatic rings. The monoisotopic (exact) mass is 398 g/mol. The van der Waals surface area contributed by atoms with E-state index in [1.807, 2.05) is 41.5 Å². The fraction of sp³-hybridized carbons (Fsp3) is 0.600. The second-order valence-corrected chi connectivity index (χ2v) is 8.22. The number of halogens is 1. The lowest BCUT2D eigenvalue weighted by Crippen LogP contribution is -2.47. The van der Waals surface area contributed by atoms with Crippen molar-refractivity contribution in [2.24, 2.45) is 5.92 Å². The Kier molecular flexibility index (Phi) is 8.41. The fourth-order valence-corrected chi connectivity index (χ4v) is 2.64. The SMILES string of the molecule is CCN(CC(=O)NC(C)(C)C)C(=O)c1cc(Cl)c(OCC(C)C)c(OC)c1. The molecule has 0 fully saturated rings. The third-order valence-corrected chi connectivity index (χ3v) is 3.84. The fourth-order valence-electron chi connectivity index (χ4n) is 2.37. The Morgan fingerprint density at radius 3 is 2.37 bits per heavy atom. The van der Waals surface area contributed by atoms with Crippen LogP contribution >= 0.6 is 11.6 Å². The van der Waals surface area contributed by atoms with Crippen LogP contribution in [-0.4, -0.2) is 49.1 Å². The molecule has 0 aliphatic rings. The molecule has 0 aliphatic heterocycles. The molecule has 152 valence electrons. The number of nitrogens with zero attached hydrogens (tertiary/aromatic N) is 1. The summed E-state index contributed by atoms with van der Waals surface area (Å²) in [6, 6.07) is 3.14. The van der Waals surface area contributed by atoms with Crippen LogP contribution in [0.4, 0.5) is 0 Å². The summed E-state index contributed by atoms with van der Waals surface area (Å²) in [5.74, 6) is 0.619. The van der Waals surface area contributed by atoms with Crippen molar-refractivity contribution in [1.29, 1.82) is 0 Å². The number of carbonyl (C=O) groups is 2. The molecule has 2 amide bonds. The lowest BCUT2D eigenvalue weighted by molar-refractivity contribution is -0.123. The van der Waals surface area contributed by atoms with E-state index in [4.69, 9.17) is 21.1 Å². The van der Waals surface area contributed by atoms with Crippen molar-refractivity contribution in [3.63, 3.8) is 0 Å². The summed E-state index contributed by atoms with van der Waals surface area (Å²) in [5.41, 5.74) is -0.0132. The van der Waals surface area contributed by atoms with Gasteiger partial charge >= 0.3 is 0 Å². The van der Waals surface area contributed by atoms with E-state index in [0.717, 1.165) is 0 Å². The second kappa shape index (κ2) is 9.83. The van der Waals surface area contributed by atoms with Gasteiger partial charge in [0.1, 0.15) is 0 Å². The third-order valence-electron chi connectivity index (χ3n) is 3.56. The van der Waals surface area contributed by atoms with Crippen LogP contribution in [0.25, 0.3) is 0 Å². The van der Waals surface area contributed by atoms with Gasteiger partial charge in [0.25, 0.3) is 5.91 Å². The lowest BCUT2D eigenvalue weighted by Gasteiger charge is -2.25. The number of methoxy groups -OCH3 is 1. The van der Waals surface area contributed by atoms with Gasteiger partial charge in [-0.1, -0.05) is 25.4 Å². The van der Waals surface area contributed by atoms with Crippen molar-refractivity contribution in [3.05, 3.63) is 22.7 Å². The number of hydrogen-bond acceptors (Lipinski definition) is 4. The van der Waals surface area contributed by atoms with Gasteiger partial charge in [-0.3, -0.25) is 9.59 Å². The zero-order valence-corrected chi connectivity index (χ0v) is 18.1. The molecular formula is C20H31ClN2O4. The quantitative estimate of drug-likeness (QED) is 0.723. The highest BCUT2D eigenvalue weighted by atomic mass is 35.5. The van der Waals surface area contributed by atoms with Crippen molar-refractivity contribution in [2.75, 3.05) is 26.8 Å². The van der Waals surface area contributed by atoms with E-state index in [0.29, 0.717) is 41.2 Å². The van der Waals surface area contributed by atoms with Crippen LogP contribution in [0.3, 0.4) is 0 Å². The van der Waals surface area contributed by atoms with Crippen LogP contribution in [0.2, 0.25) is 5.02 Å².